The van der Waals surface area contributed by atoms with Crippen molar-refractivity contribution >= 4 is 34.3 Å². The minimum absolute atomic E-state index is 0.156. The second kappa shape index (κ2) is 15.3. The average Bonchev–Trinajstić information content (AvgIpc) is 3.54. The minimum atomic E-state index is -1.85. The first-order chi connectivity index (χ1) is 23.1. The number of hydrogen-bond donors (Lipinski definition) is 4. The number of para-hydroxylation sites is 2. The second-order valence-corrected chi connectivity index (χ2v) is 11.7. The fourth-order valence-corrected chi connectivity index (χ4v) is 5.29. The van der Waals surface area contributed by atoms with E-state index in [1.807, 2.05) is 56.3 Å². The number of ketones is 1. The number of carbonyl (C=O) groups is 4. The maximum absolute atomic E-state index is 14.0. The molecule has 48 heavy (non-hydrogen) atoms. The van der Waals surface area contributed by atoms with Crippen molar-refractivity contribution in [2.24, 2.45) is 5.92 Å². The molecule has 11 nitrogen and oxygen atoms in total. The van der Waals surface area contributed by atoms with Gasteiger partial charge in [-0.15, -0.1) is 0 Å². The standard InChI is InChI=1S/C37H37N3O8/c1-24(2)34(39-35(44)29-19-11-13-25-12-9-10-18-28(25)29)31-21-37(48-40-31,23-47-27-16-7-4-8-17-27)36(45)38-30(20-33(42)43)32(41)22-46-26-14-5-3-6-15-26/h3-19,21,24,30,34,40H,20,22-23H2,1-2H3,(H,38,45)(H,39,44)(H,42,43)/t30-,34-,37?/m0/s1. The van der Waals surface area contributed by atoms with Crippen molar-refractivity contribution in [3.05, 3.63) is 120 Å². The van der Waals surface area contributed by atoms with Crippen LogP contribution in [0, 0.1) is 5.92 Å². The molecular formula is C37H37N3O8. The molecule has 5 rings (SSSR count). The number of amides is 2. The summed E-state index contributed by atoms with van der Waals surface area (Å²) in [6.07, 6.45) is 0.820. The van der Waals surface area contributed by atoms with E-state index < -0.39 is 48.4 Å². The Balaban J connectivity index is 1.40. The van der Waals surface area contributed by atoms with Crippen molar-refractivity contribution in [1.29, 1.82) is 0 Å². The number of ether oxygens (including phenoxy) is 2. The highest BCUT2D eigenvalue weighted by atomic mass is 16.7. The predicted molar refractivity (Wildman–Crippen MR) is 178 cm³/mol. The second-order valence-electron chi connectivity index (χ2n) is 11.7. The zero-order chi connectivity index (χ0) is 34.1. The molecule has 0 fully saturated rings. The molecule has 0 bridgehead atoms. The Morgan fingerprint density at radius 1 is 0.812 bits per heavy atom. The first-order valence-corrected chi connectivity index (χ1v) is 15.5. The van der Waals surface area contributed by atoms with Crippen molar-refractivity contribution in [1.82, 2.24) is 16.1 Å². The zero-order valence-corrected chi connectivity index (χ0v) is 26.6. The van der Waals surface area contributed by atoms with Gasteiger partial charge >= 0.3 is 5.97 Å². The van der Waals surface area contributed by atoms with Crippen LogP contribution in [0.25, 0.3) is 10.8 Å². The number of hydrogen-bond acceptors (Lipinski definition) is 8. The molecule has 0 spiro atoms. The van der Waals surface area contributed by atoms with Gasteiger partial charge in [0.25, 0.3) is 11.8 Å². The monoisotopic (exact) mass is 651 g/mol. The average molecular weight is 652 g/mol. The molecule has 4 aromatic rings. The Hall–Kier alpha value is -5.68. The van der Waals surface area contributed by atoms with E-state index >= 15 is 0 Å². The number of carbonyl (C=O) groups excluding carboxylic acids is 3. The molecule has 0 saturated heterocycles. The van der Waals surface area contributed by atoms with Gasteiger partial charge in [-0.3, -0.25) is 29.5 Å². The van der Waals surface area contributed by atoms with Crippen LogP contribution < -0.4 is 25.6 Å². The first-order valence-electron chi connectivity index (χ1n) is 15.5. The number of carboxylic acids is 1. The molecule has 4 N–H and O–H groups in total. The van der Waals surface area contributed by atoms with Crippen LogP contribution in [0.4, 0.5) is 0 Å². The van der Waals surface area contributed by atoms with E-state index in [0.29, 0.717) is 22.8 Å². The number of rotatable bonds is 15. The smallest absolute Gasteiger partial charge is 0.305 e. The molecule has 248 valence electrons. The van der Waals surface area contributed by atoms with E-state index in [0.717, 1.165) is 10.8 Å². The molecule has 1 heterocycles. The lowest BCUT2D eigenvalue weighted by Crippen LogP contribution is -2.56. The third-order valence-corrected chi connectivity index (χ3v) is 7.84. The summed E-state index contributed by atoms with van der Waals surface area (Å²) in [5.74, 6) is -2.36. The van der Waals surface area contributed by atoms with Gasteiger partial charge in [0.05, 0.1) is 18.2 Å². The Kier molecular flexibility index (Phi) is 10.7. The van der Waals surface area contributed by atoms with Gasteiger partial charge < -0.3 is 25.2 Å². The quantitative estimate of drug-likeness (QED) is 0.146. The van der Waals surface area contributed by atoms with Crippen LogP contribution >= 0.6 is 0 Å². The third kappa shape index (κ3) is 8.18. The molecule has 0 aliphatic carbocycles. The Morgan fingerprint density at radius 3 is 2.10 bits per heavy atom. The summed E-state index contributed by atoms with van der Waals surface area (Å²) >= 11 is 0. The van der Waals surface area contributed by atoms with E-state index in [9.17, 15) is 24.3 Å². The van der Waals surface area contributed by atoms with Crippen molar-refractivity contribution in [2.45, 2.75) is 38.0 Å². The lowest BCUT2D eigenvalue weighted by molar-refractivity contribution is -0.151. The molecule has 0 radical (unpaired) electrons. The molecule has 11 heteroatoms. The third-order valence-electron chi connectivity index (χ3n) is 7.84. The number of Topliss-reactive ketones (excluding diaryl/α,β-unsaturated/α-hetero) is 1. The Morgan fingerprint density at radius 2 is 1.44 bits per heavy atom. The maximum atomic E-state index is 14.0. The predicted octanol–water partition coefficient (Wildman–Crippen LogP) is 4.44. The number of hydroxylamine groups is 1. The fraction of sp³-hybridized carbons (Fsp3) is 0.243. The fourth-order valence-electron chi connectivity index (χ4n) is 5.29. The van der Waals surface area contributed by atoms with E-state index in [2.05, 4.69) is 16.1 Å². The van der Waals surface area contributed by atoms with Crippen LogP contribution in [0.2, 0.25) is 0 Å². The van der Waals surface area contributed by atoms with Gasteiger partial charge in [-0.05, 0) is 53.1 Å². The van der Waals surface area contributed by atoms with Gasteiger partial charge in [-0.25, -0.2) is 0 Å². The summed E-state index contributed by atoms with van der Waals surface area (Å²) in [7, 11) is 0. The number of nitrogens with one attached hydrogen (secondary N) is 3. The molecular weight excluding hydrogens is 614 g/mol. The highest BCUT2D eigenvalue weighted by Gasteiger charge is 2.47. The van der Waals surface area contributed by atoms with Gasteiger partial charge in [-0.1, -0.05) is 86.6 Å². The summed E-state index contributed by atoms with van der Waals surface area (Å²) in [5.41, 5.74) is 1.84. The molecule has 2 amide bonds. The molecule has 1 unspecified atom stereocenters. The molecule has 3 atom stereocenters. The van der Waals surface area contributed by atoms with Crippen LogP contribution in [-0.2, 0) is 19.2 Å². The zero-order valence-electron chi connectivity index (χ0n) is 26.6. The normalized spacial score (nSPS) is 16.7. The SMILES string of the molecule is CC(C)[C@H](NC(=O)c1cccc2ccccc12)C1=CC(COc2ccccc2)(C(=O)N[C@@H](CC(=O)O)C(=O)COc2ccccc2)ON1. The Bertz CT molecular complexity index is 1790. The van der Waals surface area contributed by atoms with E-state index in [1.165, 1.54) is 6.08 Å². The van der Waals surface area contributed by atoms with Gasteiger partial charge in [-0.2, -0.15) is 0 Å². The van der Waals surface area contributed by atoms with Gasteiger partial charge in [0.15, 0.2) is 5.78 Å². The topological polar surface area (TPSA) is 152 Å². The number of aliphatic carboxylic acids is 1. The van der Waals surface area contributed by atoms with Crippen molar-refractivity contribution < 1.29 is 38.6 Å². The van der Waals surface area contributed by atoms with Crippen molar-refractivity contribution in [3.8, 4) is 11.5 Å². The number of fused-ring (bicyclic) bond motifs is 1. The molecule has 4 aromatic carbocycles. The van der Waals surface area contributed by atoms with E-state index in [-0.39, 0.29) is 18.4 Å². The number of benzene rings is 4. The minimum Gasteiger partial charge on any atom is -0.490 e. The largest absolute Gasteiger partial charge is 0.490 e. The van der Waals surface area contributed by atoms with Crippen LogP contribution in [0.3, 0.4) is 0 Å². The first kappa shape index (κ1) is 33.7. The van der Waals surface area contributed by atoms with Crippen LogP contribution in [0.15, 0.2) is 115 Å². The van der Waals surface area contributed by atoms with Gasteiger partial charge in [0, 0.05) is 5.56 Å². The number of carboxylic acid groups (broad SMARTS) is 1. The lowest BCUT2D eigenvalue weighted by Gasteiger charge is -2.27. The molecule has 1 aliphatic rings. The van der Waals surface area contributed by atoms with Crippen LogP contribution in [-0.4, -0.2) is 59.6 Å². The van der Waals surface area contributed by atoms with Crippen LogP contribution in [0.5, 0.6) is 11.5 Å². The van der Waals surface area contributed by atoms with E-state index in [4.69, 9.17) is 14.3 Å². The highest BCUT2D eigenvalue weighted by molar-refractivity contribution is 6.07. The van der Waals surface area contributed by atoms with Crippen molar-refractivity contribution in [3.63, 3.8) is 0 Å². The lowest BCUT2D eigenvalue weighted by atomic mass is 9.95. The van der Waals surface area contributed by atoms with Crippen LogP contribution in [0.1, 0.15) is 30.6 Å². The Labute approximate surface area is 277 Å². The summed E-state index contributed by atoms with van der Waals surface area (Å²) < 4.78 is 11.5. The van der Waals surface area contributed by atoms with E-state index in [1.54, 1.807) is 60.7 Å². The molecule has 0 saturated carbocycles. The van der Waals surface area contributed by atoms with Crippen molar-refractivity contribution in [2.75, 3.05) is 13.2 Å². The summed E-state index contributed by atoms with van der Waals surface area (Å²) in [4.78, 5) is 58.4. The van der Waals surface area contributed by atoms with Gasteiger partial charge in [0.2, 0.25) is 5.60 Å². The summed E-state index contributed by atoms with van der Waals surface area (Å²) in [5, 5.41) is 16.9. The summed E-state index contributed by atoms with van der Waals surface area (Å²) in [6.45, 7) is 3.01. The molecule has 1 aliphatic heterocycles. The summed E-state index contributed by atoms with van der Waals surface area (Å²) in [6, 6.07) is 28.3. The maximum Gasteiger partial charge on any atom is 0.305 e. The highest BCUT2D eigenvalue weighted by Crippen LogP contribution is 2.28. The molecule has 0 aromatic heterocycles. The van der Waals surface area contributed by atoms with Gasteiger partial charge in [0.1, 0.15) is 30.8 Å².